The Hall–Kier alpha value is -2.49. The first-order valence-electron chi connectivity index (χ1n) is 8.42. The third-order valence-electron chi connectivity index (χ3n) is 4.08. The molecule has 27 heavy (non-hydrogen) atoms. The average Bonchev–Trinajstić information content (AvgIpc) is 3.39. The molecule has 0 bridgehead atoms. The van der Waals surface area contributed by atoms with Crippen LogP contribution in [0, 0.1) is 0 Å². The molecular weight excluding hydrogens is 388 g/mol. The molecule has 140 valence electrons. The van der Waals surface area contributed by atoms with E-state index in [1.54, 1.807) is 22.3 Å². The zero-order valence-corrected chi connectivity index (χ0v) is 15.9. The first-order chi connectivity index (χ1) is 13.2. The number of halogens is 1. The van der Waals surface area contributed by atoms with E-state index in [2.05, 4.69) is 25.5 Å². The minimum absolute atomic E-state index is 0.0879. The van der Waals surface area contributed by atoms with Crippen LogP contribution in [0.3, 0.4) is 0 Å². The van der Waals surface area contributed by atoms with E-state index in [1.165, 1.54) is 6.20 Å². The number of carbonyl (C=O) groups is 1. The molecule has 0 aromatic carbocycles. The normalized spacial score (nSPS) is 14.3. The molecule has 3 aromatic heterocycles. The van der Waals surface area contributed by atoms with Gasteiger partial charge in [-0.15, -0.1) is 11.3 Å². The minimum atomic E-state index is -0.0879. The molecule has 4 heterocycles. The molecule has 1 aliphatic heterocycles. The molecule has 0 unspecified atom stereocenters. The molecule has 0 atom stereocenters. The number of carbonyl (C=O) groups excluding carboxylic acids is 1. The van der Waals surface area contributed by atoms with Crippen molar-refractivity contribution in [3.8, 4) is 10.7 Å². The van der Waals surface area contributed by atoms with Crippen molar-refractivity contribution in [2.24, 2.45) is 0 Å². The predicted molar refractivity (Wildman–Crippen MR) is 103 cm³/mol. The summed E-state index contributed by atoms with van der Waals surface area (Å²) < 4.78 is 5.27. The van der Waals surface area contributed by atoms with E-state index in [9.17, 15) is 4.79 Å². The zero-order chi connectivity index (χ0) is 18.6. The maximum absolute atomic E-state index is 12.5. The van der Waals surface area contributed by atoms with Crippen LogP contribution in [0.25, 0.3) is 10.7 Å². The molecule has 1 saturated heterocycles. The van der Waals surface area contributed by atoms with E-state index < -0.39 is 0 Å². The molecule has 1 aliphatic rings. The Kier molecular flexibility index (Phi) is 5.33. The number of amides is 1. The second-order valence-corrected chi connectivity index (χ2v) is 7.25. The molecule has 0 spiro atoms. The minimum Gasteiger partial charge on any atom is -0.378 e. The summed E-state index contributed by atoms with van der Waals surface area (Å²) >= 11 is 7.88. The SMILES string of the molecule is O=C(c1cnc(NCc2nc(-c3cccs3)n[nH]2)c(Cl)c1)N1CCOCC1. The van der Waals surface area contributed by atoms with Gasteiger partial charge in [0.05, 0.1) is 35.2 Å². The number of hydrogen-bond acceptors (Lipinski definition) is 7. The van der Waals surface area contributed by atoms with E-state index in [4.69, 9.17) is 16.3 Å². The van der Waals surface area contributed by atoms with E-state index >= 15 is 0 Å². The number of nitrogens with zero attached hydrogens (tertiary/aromatic N) is 4. The van der Waals surface area contributed by atoms with Gasteiger partial charge in [0.2, 0.25) is 0 Å². The summed E-state index contributed by atoms with van der Waals surface area (Å²) in [4.78, 5) is 24.0. The third kappa shape index (κ3) is 4.10. The molecule has 2 N–H and O–H groups in total. The second kappa shape index (κ2) is 8.03. The number of anilines is 1. The number of rotatable bonds is 5. The molecule has 10 heteroatoms. The van der Waals surface area contributed by atoms with Crippen LogP contribution in [-0.4, -0.2) is 57.3 Å². The van der Waals surface area contributed by atoms with Gasteiger partial charge in [0.1, 0.15) is 11.6 Å². The lowest BCUT2D eigenvalue weighted by atomic mass is 10.2. The van der Waals surface area contributed by atoms with Crippen LogP contribution in [-0.2, 0) is 11.3 Å². The monoisotopic (exact) mass is 404 g/mol. The average molecular weight is 405 g/mol. The number of hydrogen-bond donors (Lipinski definition) is 2. The van der Waals surface area contributed by atoms with Gasteiger partial charge in [-0.3, -0.25) is 9.89 Å². The van der Waals surface area contributed by atoms with Crippen LogP contribution in [0.15, 0.2) is 29.8 Å². The summed E-state index contributed by atoms with van der Waals surface area (Å²) in [5.74, 6) is 1.73. The van der Waals surface area contributed by atoms with E-state index in [0.717, 1.165) is 4.88 Å². The van der Waals surface area contributed by atoms with Crippen LogP contribution in [0.2, 0.25) is 5.02 Å². The largest absolute Gasteiger partial charge is 0.378 e. The second-order valence-electron chi connectivity index (χ2n) is 5.90. The summed E-state index contributed by atoms with van der Waals surface area (Å²) in [5.41, 5.74) is 0.465. The molecule has 0 radical (unpaired) electrons. The highest BCUT2D eigenvalue weighted by Gasteiger charge is 2.20. The molecule has 0 saturated carbocycles. The van der Waals surface area contributed by atoms with Crippen molar-refractivity contribution in [2.75, 3.05) is 31.6 Å². The summed E-state index contributed by atoms with van der Waals surface area (Å²) in [6.07, 6.45) is 1.53. The number of morpholine rings is 1. The third-order valence-corrected chi connectivity index (χ3v) is 5.24. The summed E-state index contributed by atoms with van der Waals surface area (Å²) in [6, 6.07) is 5.55. The Morgan fingerprint density at radius 3 is 3.00 bits per heavy atom. The van der Waals surface area contributed by atoms with Crippen LogP contribution in [0.5, 0.6) is 0 Å². The van der Waals surface area contributed by atoms with Crippen LogP contribution < -0.4 is 5.32 Å². The number of pyridine rings is 1. The summed E-state index contributed by atoms with van der Waals surface area (Å²) in [6.45, 7) is 2.65. The Morgan fingerprint density at radius 1 is 1.41 bits per heavy atom. The van der Waals surface area contributed by atoms with Gasteiger partial charge in [0, 0.05) is 19.3 Å². The van der Waals surface area contributed by atoms with Gasteiger partial charge in [-0.1, -0.05) is 17.7 Å². The van der Waals surface area contributed by atoms with Crippen molar-refractivity contribution < 1.29 is 9.53 Å². The topological polar surface area (TPSA) is 96.0 Å². The molecule has 1 fully saturated rings. The lowest BCUT2D eigenvalue weighted by Gasteiger charge is -2.26. The highest BCUT2D eigenvalue weighted by Crippen LogP contribution is 2.23. The number of thiophene rings is 1. The number of ether oxygens (including phenoxy) is 1. The molecule has 8 nitrogen and oxygen atoms in total. The lowest BCUT2D eigenvalue weighted by molar-refractivity contribution is 0.0302. The van der Waals surface area contributed by atoms with Gasteiger partial charge in [-0.25, -0.2) is 9.97 Å². The van der Waals surface area contributed by atoms with E-state index in [-0.39, 0.29) is 5.91 Å². The molecule has 4 rings (SSSR count). The van der Waals surface area contributed by atoms with Gasteiger partial charge in [-0.2, -0.15) is 5.10 Å². The maximum Gasteiger partial charge on any atom is 0.255 e. The van der Waals surface area contributed by atoms with Gasteiger partial charge in [0.25, 0.3) is 5.91 Å². The molecular formula is C17H17ClN6O2S. The van der Waals surface area contributed by atoms with Crippen LogP contribution in [0.4, 0.5) is 5.82 Å². The molecule has 1 amide bonds. The van der Waals surface area contributed by atoms with Crippen LogP contribution in [0.1, 0.15) is 16.2 Å². The summed E-state index contributed by atoms with van der Waals surface area (Å²) in [7, 11) is 0. The van der Waals surface area contributed by atoms with Crippen molar-refractivity contribution in [3.63, 3.8) is 0 Å². The van der Waals surface area contributed by atoms with Gasteiger partial charge in [-0.05, 0) is 17.5 Å². The lowest BCUT2D eigenvalue weighted by Crippen LogP contribution is -2.40. The van der Waals surface area contributed by atoms with E-state index in [1.807, 2.05) is 17.5 Å². The standard InChI is InChI=1S/C17H17ClN6O2S/c18-12-8-11(17(25)24-3-5-26-6-4-24)9-19-15(12)20-10-14-21-16(23-22-14)13-2-1-7-27-13/h1-2,7-9H,3-6,10H2,(H,19,20)(H,21,22,23). The van der Waals surface area contributed by atoms with Crippen LogP contribution >= 0.6 is 22.9 Å². The first-order valence-corrected chi connectivity index (χ1v) is 9.68. The van der Waals surface area contributed by atoms with Crippen molar-refractivity contribution in [3.05, 3.63) is 46.2 Å². The number of aromatic amines is 1. The van der Waals surface area contributed by atoms with Crippen molar-refractivity contribution in [1.82, 2.24) is 25.1 Å². The highest BCUT2D eigenvalue weighted by molar-refractivity contribution is 7.13. The number of H-pyrrole nitrogens is 1. The fourth-order valence-corrected chi connectivity index (χ4v) is 3.58. The molecule has 3 aromatic rings. The Bertz CT molecular complexity index is 923. The quantitative estimate of drug-likeness (QED) is 0.678. The van der Waals surface area contributed by atoms with Gasteiger partial charge in [0.15, 0.2) is 5.82 Å². The zero-order valence-electron chi connectivity index (χ0n) is 14.3. The fraction of sp³-hybridized carbons (Fsp3) is 0.294. The molecule has 0 aliphatic carbocycles. The van der Waals surface area contributed by atoms with Crippen molar-refractivity contribution in [1.29, 1.82) is 0 Å². The smallest absolute Gasteiger partial charge is 0.255 e. The Labute approximate surface area is 164 Å². The van der Waals surface area contributed by atoms with Gasteiger partial charge < -0.3 is 15.0 Å². The van der Waals surface area contributed by atoms with Crippen molar-refractivity contribution in [2.45, 2.75) is 6.54 Å². The van der Waals surface area contributed by atoms with Gasteiger partial charge >= 0.3 is 0 Å². The maximum atomic E-state index is 12.5. The van der Waals surface area contributed by atoms with E-state index in [0.29, 0.717) is 60.9 Å². The number of aromatic nitrogens is 4. The number of nitrogens with one attached hydrogen (secondary N) is 2. The van der Waals surface area contributed by atoms with Crippen molar-refractivity contribution >= 4 is 34.7 Å². The summed E-state index contributed by atoms with van der Waals surface area (Å²) in [5, 5.41) is 12.6. The highest BCUT2D eigenvalue weighted by atomic mass is 35.5. The Morgan fingerprint density at radius 2 is 2.26 bits per heavy atom. The predicted octanol–water partition coefficient (Wildman–Crippen LogP) is 2.67. The fourth-order valence-electron chi connectivity index (χ4n) is 2.69. The Balaban J connectivity index is 1.40. The first kappa shape index (κ1) is 17.9.